The summed E-state index contributed by atoms with van der Waals surface area (Å²) in [6, 6.07) is 3.79. The topological polar surface area (TPSA) is 88.8 Å². The van der Waals surface area contributed by atoms with Gasteiger partial charge in [0.25, 0.3) is 0 Å². The second kappa shape index (κ2) is 6.56. The van der Waals surface area contributed by atoms with Crippen LogP contribution >= 0.6 is 0 Å². The number of aromatic nitrogens is 5. The molecular formula is C17H19N7O. The van der Waals surface area contributed by atoms with Crippen LogP contribution < -0.4 is 5.32 Å². The van der Waals surface area contributed by atoms with Crippen LogP contribution in [0.1, 0.15) is 12.8 Å². The van der Waals surface area contributed by atoms with Gasteiger partial charge in [-0.15, -0.1) is 5.10 Å². The van der Waals surface area contributed by atoms with Crippen molar-refractivity contribution in [1.82, 2.24) is 29.9 Å². The second-order valence-corrected chi connectivity index (χ2v) is 6.30. The van der Waals surface area contributed by atoms with Crippen LogP contribution in [0.3, 0.4) is 0 Å². The molecule has 4 heterocycles. The normalized spacial score (nSPS) is 14.9. The van der Waals surface area contributed by atoms with Gasteiger partial charge in [-0.05, 0) is 43.5 Å². The molecule has 0 atom stereocenters. The van der Waals surface area contributed by atoms with Crippen molar-refractivity contribution in [3.63, 3.8) is 0 Å². The molecule has 8 heteroatoms. The van der Waals surface area contributed by atoms with Crippen molar-refractivity contribution < 1.29 is 4.79 Å². The van der Waals surface area contributed by atoms with Crippen LogP contribution in [0, 0.1) is 0 Å². The molecule has 0 unspecified atom stereocenters. The Balaban J connectivity index is 1.54. The number of likely N-dealkylation sites (tertiary alicyclic amines) is 1. The maximum absolute atomic E-state index is 12.2. The molecule has 8 nitrogen and oxygen atoms in total. The summed E-state index contributed by atoms with van der Waals surface area (Å²) in [5.74, 6) is 0.518. The third-order valence-corrected chi connectivity index (χ3v) is 4.30. The van der Waals surface area contributed by atoms with Crippen molar-refractivity contribution in [2.45, 2.75) is 12.8 Å². The first-order chi connectivity index (χ1) is 12.2. The lowest BCUT2D eigenvalue weighted by molar-refractivity contribution is -0.117. The van der Waals surface area contributed by atoms with Gasteiger partial charge in [-0.2, -0.15) is 0 Å². The van der Waals surface area contributed by atoms with E-state index in [2.05, 4.69) is 30.5 Å². The first kappa shape index (κ1) is 15.6. The lowest BCUT2D eigenvalue weighted by atomic mass is 10.2. The van der Waals surface area contributed by atoms with Gasteiger partial charge in [-0.3, -0.25) is 19.4 Å². The number of pyridine rings is 2. The van der Waals surface area contributed by atoms with Gasteiger partial charge in [0.15, 0.2) is 0 Å². The van der Waals surface area contributed by atoms with E-state index in [0.717, 1.165) is 29.6 Å². The number of amides is 1. The van der Waals surface area contributed by atoms with E-state index in [1.54, 1.807) is 17.1 Å². The summed E-state index contributed by atoms with van der Waals surface area (Å²) in [5, 5.41) is 12.7. The quantitative estimate of drug-likeness (QED) is 0.775. The number of hydrogen-bond acceptors (Lipinski definition) is 6. The van der Waals surface area contributed by atoms with Gasteiger partial charge in [-0.25, -0.2) is 4.98 Å². The minimum absolute atomic E-state index is 0.0306. The van der Waals surface area contributed by atoms with Crippen molar-refractivity contribution in [3.05, 3.63) is 30.7 Å². The van der Waals surface area contributed by atoms with E-state index >= 15 is 0 Å². The molecule has 1 aliphatic rings. The third-order valence-electron chi connectivity index (χ3n) is 4.30. The highest BCUT2D eigenvalue weighted by Crippen LogP contribution is 2.21. The average Bonchev–Trinajstić information content (AvgIpc) is 3.26. The van der Waals surface area contributed by atoms with Crippen molar-refractivity contribution in [2.75, 3.05) is 25.0 Å². The molecule has 0 spiro atoms. The van der Waals surface area contributed by atoms with Crippen LogP contribution in [0.25, 0.3) is 22.2 Å². The summed E-state index contributed by atoms with van der Waals surface area (Å²) in [7, 11) is 1.81. The molecule has 1 fully saturated rings. The number of carbonyl (C=O) groups is 1. The Kier molecular flexibility index (Phi) is 4.10. The first-order valence-corrected chi connectivity index (χ1v) is 8.32. The smallest absolute Gasteiger partial charge is 0.239 e. The van der Waals surface area contributed by atoms with Crippen LogP contribution in [0.15, 0.2) is 30.7 Å². The number of anilines is 1. The number of fused-ring (bicyclic) bond motifs is 1. The van der Waals surface area contributed by atoms with Crippen LogP contribution in [0.4, 0.5) is 5.82 Å². The number of nitrogens with zero attached hydrogens (tertiary/aromatic N) is 6. The maximum atomic E-state index is 12.2. The van der Waals surface area contributed by atoms with E-state index in [-0.39, 0.29) is 5.91 Å². The Labute approximate surface area is 144 Å². The highest BCUT2D eigenvalue weighted by atomic mass is 16.2. The number of aryl methyl sites for hydroxylation is 1. The minimum Gasteiger partial charge on any atom is -0.310 e. The van der Waals surface area contributed by atoms with Crippen molar-refractivity contribution in [3.8, 4) is 11.4 Å². The van der Waals surface area contributed by atoms with Gasteiger partial charge < -0.3 is 5.32 Å². The molecule has 0 aromatic carbocycles. The van der Waals surface area contributed by atoms with Gasteiger partial charge in [0.2, 0.25) is 5.91 Å². The maximum Gasteiger partial charge on any atom is 0.239 e. The van der Waals surface area contributed by atoms with E-state index in [0.29, 0.717) is 18.1 Å². The van der Waals surface area contributed by atoms with Gasteiger partial charge in [0, 0.05) is 24.8 Å². The molecule has 4 rings (SSSR count). The van der Waals surface area contributed by atoms with Gasteiger partial charge in [0.1, 0.15) is 11.5 Å². The molecule has 0 bridgehead atoms. The molecule has 3 aromatic heterocycles. The molecule has 128 valence electrons. The zero-order valence-electron chi connectivity index (χ0n) is 14.0. The Bertz CT molecular complexity index is 914. The zero-order chi connectivity index (χ0) is 17.2. The monoisotopic (exact) mass is 337 g/mol. The molecule has 1 saturated heterocycles. The van der Waals surface area contributed by atoms with Crippen molar-refractivity contribution >= 4 is 22.5 Å². The molecular weight excluding hydrogens is 318 g/mol. The highest BCUT2D eigenvalue weighted by molar-refractivity contribution is 5.94. The van der Waals surface area contributed by atoms with E-state index in [9.17, 15) is 4.79 Å². The lowest BCUT2D eigenvalue weighted by Gasteiger charge is -2.13. The largest absolute Gasteiger partial charge is 0.310 e. The number of carbonyl (C=O) groups excluding carboxylic acids is 1. The summed E-state index contributed by atoms with van der Waals surface area (Å²) >= 11 is 0. The van der Waals surface area contributed by atoms with E-state index in [4.69, 9.17) is 0 Å². The minimum atomic E-state index is -0.0306. The van der Waals surface area contributed by atoms with Gasteiger partial charge in [-0.1, -0.05) is 5.21 Å². The summed E-state index contributed by atoms with van der Waals surface area (Å²) < 4.78 is 1.64. The van der Waals surface area contributed by atoms with E-state index < -0.39 is 0 Å². The molecule has 3 aromatic rings. The molecule has 0 saturated carbocycles. The van der Waals surface area contributed by atoms with Crippen LogP contribution in [-0.2, 0) is 11.8 Å². The molecule has 25 heavy (non-hydrogen) atoms. The Morgan fingerprint density at radius 3 is 2.68 bits per heavy atom. The van der Waals surface area contributed by atoms with Crippen molar-refractivity contribution in [1.29, 1.82) is 0 Å². The van der Waals surface area contributed by atoms with Crippen LogP contribution in [0.2, 0.25) is 0 Å². The van der Waals surface area contributed by atoms with Gasteiger partial charge >= 0.3 is 0 Å². The van der Waals surface area contributed by atoms with Crippen LogP contribution in [-0.4, -0.2) is 55.4 Å². The second-order valence-electron chi connectivity index (χ2n) is 6.30. The lowest BCUT2D eigenvalue weighted by Crippen LogP contribution is -2.31. The molecule has 1 aliphatic heterocycles. The standard InChI is InChI=1S/C17H19N7O/c1-23-10-15(21-22-23)14-6-12-7-16(19-9-13(12)8-18-14)20-17(25)11-24-4-2-3-5-24/h6-10H,2-5,11H2,1H3,(H,19,20,25). The first-order valence-electron chi connectivity index (χ1n) is 8.32. The van der Waals surface area contributed by atoms with E-state index in [1.807, 2.05) is 25.4 Å². The summed E-state index contributed by atoms with van der Waals surface area (Å²) in [4.78, 5) is 23.0. The SMILES string of the molecule is Cn1cc(-c2cc3cc(NC(=O)CN4CCCC4)ncc3cn2)nn1. The van der Waals surface area contributed by atoms with Crippen LogP contribution in [0.5, 0.6) is 0 Å². The van der Waals surface area contributed by atoms with Crippen molar-refractivity contribution in [2.24, 2.45) is 7.05 Å². The molecule has 1 amide bonds. The predicted octanol–water partition coefficient (Wildman–Crippen LogP) is 1.46. The Morgan fingerprint density at radius 1 is 1.12 bits per heavy atom. The molecule has 0 aliphatic carbocycles. The molecule has 0 radical (unpaired) electrons. The number of nitrogens with one attached hydrogen (secondary N) is 1. The fourth-order valence-electron chi connectivity index (χ4n) is 3.04. The number of rotatable bonds is 4. The average molecular weight is 337 g/mol. The Hall–Kier alpha value is -2.87. The zero-order valence-corrected chi connectivity index (χ0v) is 14.0. The molecule has 1 N–H and O–H groups in total. The fraction of sp³-hybridized carbons (Fsp3) is 0.353. The summed E-state index contributed by atoms with van der Waals surface area (Å²) in [5.41, 5.74) is 1.45. The summed E-state index contributed by atoms with van der Waals surface area (Å²) in [6.07, 6.45) is 7.61. The summed E-state index contributed by atoms with van der Waals surface area (Å²) in [6.45, 7) is 2.40. The predicted molar refractivity (Wildman–Crippen MR) is 93.8 cm³/mol. The number of hydrogen-bond donors (Lipinski definition) is 1. The fourth-order valence-corrected chi connectivity index (χ4v) is 3.04. The highest BCUT2D eigenvalue weighted by Gasteiger charge is 2.15. The third kappa shape index (κ3) is 3.48. The van der Waals surface area contributed by atoms with Gasteiger partial charge in [0.05, 0.1) is 18.4 Å². The Morgan fingerprint density at radius 2 is 1.92 bits per heavy atom. The van der Waals surface area contributed by atoms with E-state index in [1.165, 1.54) is 12.8 Å².